The molecule has 0 saturated carbocycles. The van der Waals surface area contributed by atoms with Crippen molar-refractivity contribution in [1.82, 2.24) is 5.32 Å². The molecule has 10 atom stereocenters. The maximum absolute atomic E-state index is 12.6. The van der Waals surface area contributed by atoms with E-state index in [1.165, 1.54) is 13.8 Å². The van der Waals surface area contributed by atoms with Gasteiger partial charge in [-0.2, -0.15) is 0 Å². The number of benzene rings is 3. The molecule has 2 heterocycles. The molecule has 1 amide bonds. The van der Waals surface area contributed by atoms with Crippen molar-refractivity contribution in [3.63, 3.8) is 0 Å². The number of nitrogens with one attached hydrogen (secondary N) is 1. The van der Waals surface area contributed by atoms with Crippen molar-refractivity contribution in [2.75, 3.05) is 13.2 Å². The summed E-state index contributed by atoms with van der Waals surface area (Å²) in [5, 5.41) is 14.0. The Morgan fingerprint density at radius 1 is 0.571 bits per heavy atom. The topological polar surface area (TPSA) is 184 Å². The molecule has 0 bridgehead atoms. The van der Waals surface area contributed by atoms with Gasteiger partial charge in [-0.1, -0.05) is 91.0 Å². The summed E-state index contributed by atoms with van der Waals surface area (Å²) >= 11 is 0. The lowest BCUT2D eigenvalue weighted by atomic mass is 9.94. The van der Waals surface area contributed by atoms with E-state index in [1.807, 2.05) is 91.0 Å². The Kier molecular flexibility index (Phi) is 15.9. The molecular weight excluding hydrogens is 730 g/mol. The van der Waals surface area contributed by atoms with Crippen LogP contribution in [0.3, 0.4) is 0 Å². The number of hydrogen-bond donors (Lipinski definition) is 2. The summed E-state index contributed by atoms with van der Waals surface area (Å²) in [6, 6.07) is 26.8. The second kappa shape index (κ2) is 21.0. The van der Waals surface area contributed by atoms with Gasteiger partial charge in [-0.25, -0.2) is 0 Å². The zero-order valence-corrected chi connectivity index (χ0v) is 31.7. The SMILES string of the molecule is CC(=O)N[C@@H]1[C@@H](OCc2ccccc2)[C@H](O[C@@H]2O[C@H](COCc3ccccc3)[C@H](OC(C)=O)[C@H](OC(C)=O)[C@H]2OC(C)=O)[C@@H](COCc2ccccc2)O[C@H]1O. The van der Waals surface area contributed by atoms with Gasteiger partial charge >= 0.3 is 17.9 Å². The van der Waals surface area contributed by atoms with Crippen LogP contribution >= 0.6 is 0 Å². The molecule has 0 radical (unpaired) electrons. The van der Waals surface area contributed by atoms with Crippen LogP contribution in [-0.2, 0) is 81.6 Å². The van der Waals surface area contributed by atoms with Crippen LogP contribution in [0.2, 0.25) is 0 Å². The Labute approximate surface area is 325 Å². The fourth-order valence-electron chi connectivity index (χ4n) is 6.56. The van der Waals surface area contributed by atoms with Crippen molar-refractivity contribution >= 4 is 23.8 Å². The smallest absolute Gasteiger partial charge is 0.303 e. The second-order valence-corrected chi connectivity index (χ2v) is 13.4. The third-order valence-corrected chi connectivity index (χ3v) is 8.90. The minimum Gasteiger partial charge on any atom is -0.456 e. The second-order valence-electron chi connectivity index (χ2n) is 13.4. The summed E-state index contributed by atoms with van der Waals surface area (Å²) in [5.74, 6) is -2.75. The highest BCUT2D eigenvalue weighted by Gasteiger charge is 2.56. The zero-order chi connectivity index (χ0) is 40.0. The zero-order valence-electron chi connectivity index (χ0n) is 31.7. The summed E-state index contributed by atoms with van der Waals surface area (Å²) in [5.41, 5.74) is 2.51. The summed E-state index contributed by atoms with van der Waals surface area (Å²) < 4.78 is 54.8. The summed E-state index contributed by atoms with van der Waals surface area (Å²) in [7, 11) is 0. The number of esters is 3. The quantitative estimate of drug-likeness (QED) is 0.151. The van der Waals surface area contributed by atoms with Crippen molar-refractivity contribution in [2.24, 2.45) is 0 Å². The van der Waals surface area contributed by atoms with Crippen LogP contribution in [-0.4, -0.2) is 103 Å². The molecule has 5 rings (SSSR count). The summed E-state index contributed by atoms with van der Waals surface area (Å²) in [6.07, 6.45) is -11.9. The molecule has 15 nitrogen and oxygen atoms in total. The Hall–Kier alpha value is -4.74. The molecule has 0 unspecified atom stereocenters. The van der Waals surface area contributed by atoms with Gasteiger partial charge in [0.1, 0.15) is 30.5 Å². The number of amides is 1. The van der Waals surface area contributed by atoms with Crippen LogP contribution in [0.1, 0.15) is 44.4 Å². The molecule has 0 aromatic heterocycles. The molecule has 2 aliphatic rings. The van der Waals surface area contributed by atoms with Crippen LogP contribution in [0.4, 0.5) is 0 Å². The molecule has 302 valence electrons. The standard InChI is InChI=1S/C41H49NO14/c1-25(43)42-34-37(50-22-31-18-12-7-13-19-31)35(32(54-40(34)47)23-48-20-29-14-8-5-9-15-29)56-41-39(53-28(4)46)38(52-27(3)45)36(51-26(2)44)33(55-41)24-49-21-30-16-10-6-11-17-30/h5-19,32-41,47H,20-24H2,1-4H3,(H,42,43)/t32-,33-,34-,35-,36+,37-,38+,39-,40-,41+/m1/s1. The Bertz CT molecular complexity index is 1700. The van der Waals surface area contributed by atoms with Gasteiger partial charge in [0.15, 0.2) is 30.9 Å². The van der Waals surface area contributed by atoms with Crippen molar-refractivity contribution in [3.8, 4) is 0 Å². The molecule has 2 fully saturated rings. The third kappa shape index (κ3) is 12.4. The van der Waals surface area contributed by atoms with E-state index in [-0.39, 0.29) is 33.0 Å². The first-order chi connectivity index (χ1) is 27.0. The normalized spacial score (nSPS) is 27.4. The third-order valence-electron chi connectivity index (χ3n) is 8.90. The fraction of sp³-hybridized carbons (Fsp3) is 0.463. The van der Waals surface area contributed by atoms with E-state index in [9.17, 15) is 24.3 Å². The Balaban J connectivity index is 1.52. The first-order valence-corrected chi connectivity index (χ1v) is 18.3. The fourth-order valence-corrected chi connectivity index (χ4v) is 6.56. The van der Waals surface area contributed by atoms with Crippen molar-refractivity contribution in [1.29, 1.82) is 0 Å². The number of carbonyl (C=O) groups is 4. The maximum atomic E-state index is 12.6. The van der Waals surface area contributed by atoms with Crippen molar-refractivity contribution in [2.45, 2.75) is 109 Å². The molecule has 56 heavy (non-hydrogen) atoms. The van der Waals surface area contributed by atoms with Crippen LogP contribution in [0.25, 0.3) is 0 Å². The summed E-state index contributed by atoms with van der Waals surface area (Å²) in [6.45, 7) is 4.84. The molecule has 3 aromatic carbocycles. The number of rotatable bonds is 17. The molecule has 3 aromatic rings. The van der Waals surface area contributed by atoms with E-state index < -0.39 is 85.2 Å². The van der Waals surface area contributed by atoms with E-state index in [0.717, 1.165) is 30.5 Å². The van der Waals surface area contributed by atoms with Gasteiger partial charge in [-0.15, -0.1) is 0 Å². The van der Waals surface area contributed by atoms with E-state index in [0.29, 0.717) is 0 Å². The van der Waals surface area contributed by atoms with E-state index >= 15 is 0 Å². The minimum atomic E-state index is -1.57. The molecule has 2 aliphatic heterocycles. The number of carbonyl (C=O) groups excluding carboxylic acids is 4. The molecule has 0 aliphatic carbocycles. The molecule has 15 heteroatoms. The lowest BCUT2D eigenvalue weighted by Crippen LogP contribution is -2.68. The van der Waals surface area contributed by atoms with Crippen molar-refractivity contribution < 1.29 is 66.9 Å². The average molecular weight is 780 g/mol. The highest BCUT2D eigenvalue weighted by Crippen LogP contribution is 2.34. The van der Waals surface area contributed by atoms with Crippen LogP contribution < -0.4 is 5.32 Å². The summed E-state index contributed by atoms with van der Waals surface area (Å²) in [4.78, 5) is 50.2. The van der Waals surface area contributed by atoms with Gasteiger partial charge in [0.25, 0.3) is 0 Å². The Morgan fingerprint density at radius 3 is 1.50 bits per heavy atom. The number of aliphatic hydroxyl groups excluding tert-OH is 1. The highest BCUT2D eigenvalue weighted by molar-refractivity contribution is 5.73. The van der Waals surface area contributed by atoms with Crippen LogP contribution in [0.5, 0.6) is 0 Å². The molecular formula is C41H49NO14. The van der Waals surface area contributed by atoms with Gasteiger partial charge in [0, 0.05) is 27.7 Å². The Morgan fingerprint density at radius 2 is 1.02 bits per heavy atom. The van der Waals surface area contributed by atoms with Crippen LogP contribution in [0, 0.1) is 0 Å². The molecule has 2 saturated heterocycles. The van der Waals surface area contributed by atoms with Crippen molar-refractivity contribution in [3.05, 3.63) is 108 Å². The van der Waals surface area contributed by atoms with Gasteiger partial charge in [0.05, 0.1) is 33.0 Å². The lowest BCUT2D eigenvalue weighted by molar-refractivity contribution is -0.352. The van der Waals surface area contributed by atoms with Gasteiger partial charge < -0.3 is 53.1 Å². The number of hydrogen-bond acceptors (Lipinski definition) is 14. The van der Waals surface area contributed by atoms with Gasteiger partial charge in [-0.3, -0.25) is 19.2 Å². The van der Waals surface area contributed by atoms with Gasteiger partial charge in [0.2, 0.25) is 5.91 Å². The largest absolute Gasteiger partial charge is 0.456 e. The average Bonchev–Trinajstić information content (AvgIpc) is 3.16. The predicted molar refractivity (Wildman–Crippen MR) is 196 cm³/mol. The highest BCUT2D eigenvalue weighted by atomic mass is 16.8. The first-order valence-electron chi connectivity index (χ1n) is 18.3. The molecule has 2 N–H and O–H groups in total. The van der Waals surface area contributed by atoms with Gasteiger partial charge in [-0.05, 0) is 16.7 Å². The lowest BCUT2D eigenvalue weighted by Gasteiger charge is -2.49. The van der Waals surface area contributed by atoms with E-state index in [2.05, 4.69) is 5.32 Å². The van der Waals surface area contributed by atoms with E-state index in [1.54, 1.807) is 0 Å². The first kappa shape index (κ1) is 42.4. The van der Waals surface area contributed by atoms with E-state index in [4.69, 9.17) is 42.6 Å². The minimum absolute atomic E-state index is 0.0329. The predicted octanol–water partition coefficient (Wildman–Crippen LogP) is 3.13. The number of aliphatic hydroxyl groups is 1. The molecule has 0 spiro atoms. The monoisotopic (exact) mass is 779 g/mol. The maximum Gasteiger partial charge on any atom is 0.303 e. The number of ether oxygens (including phenoxy) is 9. The van der Waals surface area contributed by atoms with Crippen LogP contribution in [0.15, 0.2) is 91.0 Å².